The second kappa shape index (κ2) is 10.9. The topological polar surface area (TPSA) is 100 Å². The number of esters is 1. The molecule has 0 aromatic heterocycles. The van der Waals surface area contributed by atoms with E-state index in [2.05, 4.69) is 27.6 Å². The quantitative estimate of drug-likeness (QED) is 0.102. The number of rotatable bonds is 8. The van der Waals surface area contributed by atoms with E-state index in [-0.39, 0.29) is 17.3 Å². The second-order valence-corrected chi connectivity index (χ2v) is 9.29. The highest BCUT2D eigenvalue weighted by Crippen LogP contribution is 2.36. The van der Waals surface area contributed by atoms with Gasteiger partial charge in [0, 0.05) is 17.2 Å². The van der Waals surface area contributed by atoms with E-state index in [1.807, 2.05) is 44.2 Å². The number of carbonyl (C=O) groups excluding carboxylic acids is 1. The van der Waals surface area contributed by atoms with Crippen LogP contribution in [-0.2, 0) is 16.1 Å². The number of carbonyl (C=O) groups is 1. The van der Waals surface area contributed by atoms with E-state index in [9.17, 15) is 14.9 Å². The Morgan fingerprint density at radius 1 is 1.08 bits per heavy atom. The second-order valence-electron chi connectivity index (χ2n) is 8.13. The van der Waals surface area contributed by atoms with Gasteiger partial charge in [0.25, 0.3) is 5.69 Å². The Labute approximate surface area is 221 Å². The largest absolute Gasteiger partial charge is 0.490 e. The molecular weight excluding hydrogens is 575 g/mol. The number of halogens is 1. The van der Waals surface area contributed by atoms with Gasteiger partial charge in [0.15, 0.2) is 17.2 Å². The van der Waals surface area contributed by atoms with E-state index in [0.717, 1.165) is 9.13 Å². The lowest BCUT2D eigenvalue weighted by Crippen LogP contribution is -2.06. The SMILES string of the molecule is CCOc1cc(/C=C2\N=C(c3ccc(C)c([N+](=O)[O-])c3)OC2=O)cc(I)c1OCc1ccc(C)cc1. The number of nitro groups is 1. The summed E-state index contributed by atoms with van der Waals surface area (Å²) in [6.07, 6.45) is 1.59. The maximum Gasteiger partial charge on any atom is 0.363 e. The van der Waals surface area contributed by atoms with Crippen molar-refractivity contribution in [3.8, 4) is 11.5 Å². The van der Waals surface area contributed by atoms with Crippen molar-refractivity contribution < 1.29 is 23.9 Å². The maximum absolute atomic E-state index is 12.5. The fourth-order valence-electron chi connectivity index (χ4n) is 3.54. The molecule has 0 unspecified atom stereocenters. The molecule has 0 atom stereocenters. The molecule has 0 aliphatic carbocycles. The van der Waals surface area contributed by atoms with Gasteiger partial charge in [-0.1, -0.05) is 35.9 Å². The van der Waals surface area contributed by atoms with E-state index in [4.69, 9.17) is 14.2 Å². The Bertz CT molecular complexity index is 1400. The number of aryl methyl sites for hydroxylation is 2. The van der Waals surface area contributed by atoms with Gasteiger partial charge in [-0.05, 0) is 78.8 Å². The normalized spacial score (nSPS) is 13.9. The molecule has 184 valence electrons. The van der Waals surface area contributed by atoms with Gasteiger partial charge in [-0.2, -0.15) is 0 Å². The summed E-state index contributed by atoms with van der Waals surface area (Å²) in [7, 11) is 0. The molecule has 3 aromatic rings. The Kier molecular flexibility index (Phi) is 7.68. The average molecular weight is 598 g/mol. The summed E-state index contributed by atoms with van der Waals surface area (Å²) in [5, 5.41) is 11.3. The fraction of sp³-hybridized carbons (Fsp3) is 0.185. The lowest BCUT2D eigenvalue weighted by Gasteiger charge is -2.15. The smallest absolute Gasteiger partial charge is 0.363 e. The van der Waals surface area contributed by atoms with E-state index in [0.29, 0.717) is 41.4 Å². The molecule has 0 radical (unpaired) electrons. The minimum absolute atomic E-state index is 0.0205. The molecule has 0 spiro atoms. The fourth-order valence-corrected chi connectivity index (χ4v) is 4.32. The van der Waals surface area contributed by atoms with Crippen molar-refractivity contribution in [3.05, 3.63) is 102 Å². The Hall–Kier alpha value is -3.73. The summed E-state index contributed by atoms with van der Waals surface area (Å²) >= 11 is 2.17. The van der Waals surface area contributed by atoms with Crippen LogP contribution in [-0.4, -0.2) is 23.4 Å². The molecule has 0 fully saturated rings. The van der Waals surface area contributed by atoms with Gasteiger partial charge < -0.3 is 14.2 Å². The van der Waals surface area contributed by atoms with Crippen LogP contribution in [0.2, 0.25) is 0 Å². The van der Waals surface area contributed by atoms with Gasteiger partial charge in [0.1, 0.15) is 6.61 Å². The van der Waals surface area contributed by atoms with Crippen molar-refractivity contribution in [2.75, 3.05) is 6.61 Å². The lowest BCUT2D eigenvalue weighted by molar-refractivity contribution is -0.385. The number of benzene rings is 3. The number of cyclic esters (lactones) is 1. The van der Waals surface area contributed by atoms with E-state index >= 15 is 0 Å². The number of hydrogen-bond donors (Lipinski definition) is 0. The van der Waals surface area contributed by atoms with Crippen LogP contribution in [0, 0.1) is 27.5 Å². The Morgan fingerprint density at radius 2 is 1.83 bits per heavy atom. The van der Waals surface area contributed by atoms with Crippen molar-refractivity contribution in [1.82, 2.24) is 0 Å². The van der Waals surface area contributed by atoms with Gasteiger partial charge in [0.2, 0.25) is 5.90 Å². The number of aliphatic imine (C=N–C) groups is 1. The highest BCUT2D eigenvalue weighted by molar-refractivity contribution is 14.1. The molecule has 8 nitrogen and oxygen atoms in total. The van der Waals surface area contributed by atoms with Crippen molar-refractivity contribution in [2.24, 2.45) is 4.99 Å². The van der Waals surface area contributed by atoms with E-state index in [1.54, 1.807) is 31.2 Å². The summed E-state index contributed by atoms with van der Waals surface area (Å²) in [6, 6.07) is 16.3. The first-order valence-electron chi connectivity index (χ1n) is 11.2. The first kappa shape index (κ1) is 25.4. The molecule has 4 rings (SSSR count). The summed E-state index contributed by atoms with van der Waals surface area (Å²) < 4.78 is 18.0. The first-order valence-corrected chi connectivity index (χ1v) is 12.3. The molecule has 1 heterocycles. The Balaban J connectivity index is 1.62. The van der Waals surface area contributed by atoms with Crippen molar-refractivity contribution in [2.45, 2.75) is 27.4 Å². The van der Waals surface area contributed by atoms with Gasteiger partial charge in [-0.3, -0.25) is 10.1 Å². The van der Waals surface area contributed by atoms with Crippen molar-refractivity contribution >= 4 is 46.2 Å². The lowest BCUT2D eigenvalue weighted by atomic mass is 10.1. The molecule has 3 aromatic carbocycles. The Morgan fingerprint density at radius 3 is 2.53 bits per heavy atom. The summed E-state index contributed by atoms with van der Waals surface area (Å²) in [5.74, 6) is 0.548. The molecule has 0 saturated heterocycles. The van der Waals surface area contributed by atoms with Crippen LogP contribution < -0.4 is 9.47 Å². The molecule has 0 amide bonds. The van der Waals surface area contributed by atoms with Crippen LogP contribution in [0.3, 0.4) is 0 Å². The zero-order chi connectivity index (χ0) is 25.8. The molecule has 1 aliphatic heterocycles. The van der Waals surface area contributed by atoms with Crippen LogP contribution >= 0.6 is 22.6 Å². The summed E-state index contributed by atoms with van der Waals surface area (Å²) in [5.41, 5.74) is 3.77. The zero-order valence-corrected chi connectivity index (χ0v) is 22.1. The van der Waals surface area contributed by atoms with Crippen LogP contribution in [0.15, 0.2) is 65.3 Å². The van der Waals surface area contributed by atoms with Gasteiger partial charge in [-0.15, -0.1) is 0 Å². The summed E-state index contributed by atoms with van der Waals surface area (Å²) in [4.78, 5) is 27.6. The zero-order valence-electron chi connectivity index (χ0n) is 19.9. The third kappa shape index (κ3) is 5.73. The third-order valence-corrected chi connectivity index (χ3v) is 6.21. The molecule has 0 N–H and O–H groups in total. The van der Waals surface area contributed by atoms with Gasteiger partial charge in [-0.25, -0.2) is 9.79 Å². The van der Waals surface area contributed by atoms with Gasteiger partial charge >= 0.3 is 5.97 Å². The van der Waals surface area contributed by atoms with Crippen LogP contribution in [0.4, 0.5) is 5.69 Å². The predicted octanol–water partition coefficient (Wildman–Crippen LogP) is 6.14. The minimum Gasteiger partial charge on any atom is -0.490 e. The molecule has 1 aliphatic rings. The molecular formula is C27H23IN2O6. The predicted molar refractivity (Wildman–Crippen MR) is 144 cm³/mol. The van der Waals surface area contributed by atoms with Crippen LogP contribution in [0.5, 0.6) is 11.5 Å². The average Bonchev–Trinajstić information content (AvgIpc) is 3.20. The summed E-state index contributed by atoms with van der Waals surface area (Å²) in [6.45, 7) is 6.38. The molecule has 0 bridgehead atoms. The maximum atomic E-state index is 12.5. The molecule has 36 heavy (non-hydrogen) atoms. The van der Waals surface area contributed by atoms with Crippen LogP contribution in [0.1, 0.15) is 34.7 Å². The molecule has 0 saturated carbocycles. The number of nitrogens with zero attached hydrogens (tertiary/aromatic N) is 2. The van der Waals surface area contributed by atoms with E-state index < -0.39 is 10.9 Å². The molecule has 9 heteroatoms. The minimum atomic E-state index is -0.638. The highest BCUT2D eigenvalue weighted by Gasteiger charge is 2.26. The van der Waals surface area contributed by atoms with Crippen molar-refractivity contribution in [1.29, 1.82) is 0 Å². The number of nitro benzene ring substituents is 1. The highest BCUT2D eigenvalue weighted by atomic mass is 127. The number of hydrogen-bond acceptors (Lipinski definition) is 7. The monoisotopic (exact) mass is 598 g/mol. The number of ether oxygens (including phenoxy) is 3. The van der Waals surface area contributed by atoms with Crippen molar-refractivity contribution in [3.63, 3.8) is 0 Å². The standard InChI is InChI=1S/C27H23IN2O6/c1-4-34-24-13-19(11-21(28)25(24)35-15-18-8-5-16(2)6-9-18)12-22-27(31)36-26(29-22)20-10-7-17(3)23(14-20)30(32)33/h5-14H,4,15H2,1-3H3/b22-12-. The van der Waals surface area contributed by atoms with Gasteiger partial charge in [0.05, 0.1) is 15.1 Å². The van der Waals surface area contributed by atoms with Crippen LogP contribution in [0.25, 0.3) is 6.08 Å². The third-order valence-electron chi connectivity index (χ3n) is 5.41. The van der Waals surface area contributed by atoms with E-state index in [1.165, 1.54) is 11.6 Å². The first-order chi connectivity index (χ1) is 17.2.